The van der Waals surface area contributed by atoms with Crippen molar-refractivity contribution >= 4 is 29.1 Å². The molecule has 1 aliphatic rings. The van der Waals surface area contributed by atoms with Gasteiger partial charge in [-0.25, -0.2) is 13.2 Å². The first kappa shape index (κ1) is 21.1. The topological polar surface area (TPSA) is 52.7 Å². The van der Waals surface area contributed by atoms with E-state index in [-0.39, 0.29) is 16.5 Å². The van der Waals surface area contributed by atoms with Gasteiger partial charge in [-0.05, 0) is 37.3 Å². The van der Waals surface area contributed by atoms with Crippen LogP contribution in [0.15, 0.2) is 36.4 Å². The van der Waals surface area contributed by atoms with Gasteiger partial charge in [-0.15, -0.1) is 0 Å². The molecular weight excluding hydrogens is 407 g/mol. The maximum Gasteiger partial charge on any atom is 0.255 e. The smallest absolute Gasteiger partial charge is 0.255 e. The first-order valence-corrected chi connectivity index (χ1v) is 9.39. The molecule has 3 rings (SSSR count). The summed E-state index contributed by atoms with van der Waals surface area (Å²) in [5, 5.41) is 2.32. The third-order valence-electron chi connectivity index (χ3n) is 4.90. The van der Waals surface area contributed by atoms with Crippen LogP contribution >= 0.6 is 11.6 Å². The first-order chi connectivity index (χ1) is 13.8. The molecule has 9 heteroatoms. The molecule has 1 unspecified atom stereocenters. The van der Waals surface area contributed by atoms with Crippen LogP contribution in [0.2, 0.25) is 5.02 Å². The van der Waals surface area contributed by atoms with E-state index in [1.165, 1.54) is 18.2 Å². The minimum Gasteiger partial charge on any atom is -0.336 e. The predicted octanol–water partition coefficient (Wildman–Crippen LogP) is 3.54. The van der Waals surface area contributed by atoms with Crippen LogP contribution in [-0.4, -0.2) is 53.8 Å². The molecule has 0 radical (unpaired) electrons. The van der Waals surface area contributed by atoms with Crippen LogP contribution in [0.5, 0.6) is 0 Å². The normalized spacial score (nSPS) is 15.8. The van der Waals surface area contributed by atoms with E-state index in [1.807, 2.05) is 4.90 Å². The van der Waals surface area contributed by atoms with Crippen molar-refractivity contribution in [2.45, 2.75) is 13.0 Å². The summed E-state index contributed by atoms with van der Waals surface area (Å²) >= 11 is 5.95. The van der Waals surface area contributed by atoms with Crippen LogP contribution in [0, 0.1) is 17.5 Å². The molecule has 2 aromatic rings. The maximum atomic E-state index is 13.7. The summed E-state index contributed by atoms with van der Waals surface area (Å²) < 4.78 is 40.6. The van der Waals surface area contributed by atoms with Crippen molar-refractivity contribution in [3.8, 4) is 0 Å². The molecule has 0 saturated carbocycles. The molecule has 2 amide bonds. The zero-order chi connectivity index (χ0) is 21.1. The number of rotatable bonds is 4. The van der Waals surface area contributed by atoms with Gasteiger partial charge in [0, 0.05) is 26.2 Å². The maximum absolute atomic E-state index is 13.7. The molecule has 1 saturated heterocycles. The molecule has 5 nitrogen and oxygen atoms in total. The lowest BCUT2D eigenvalue weighted by Crippen LogP contribution is -2.54. The summed E-state index contributed by atoms with van der Waals surface area (Å²) in [4.78, 5) is 28.4. The fourth-order valence-corrected chi connectivity index (χ4v) is 3.40. The summed E-state index contributed by atoms with van der Waals surface area (Å²) in [6, 6.07) is 6.28. The molecule has 1 fully saturated rings. The van der Waals surface area contributed by atoms with Gasteiger partial charge in [0.05, 0.1) is 16.6 Å². The van der Waals surface area contributed by atoms with E-state index >= 15 is 0 Å². The summed E-state index contributed by atoms with van der Waals surface area (Å²) in [5.74, 6) is -3.09. The number of benzene rings is 2. The molecule has 2 aromatic carbocycles. The molecule has 29 heavy (non-hydrogen) atoms. The van der Waals surface area contributed by atoms with Gasteiger partial charge >= 0.3 is 0 Å². The Kier molecular flexibility index (Phi) is 6.44. The van der Waals surface area contributed by atoms with Crippen molar-refractivity contribution in [1.82, 2.24) is 9.80 Å². The van der Waals surface area contributed by atoms with Gasteiger partial charge in [-0.1, -0.05) is 17.7 Å². The Balaban J connectivity index is 1.59. The van der Waals surface area contributed by atoms with E-state index < -0.39 is 35.1 Å². The number of anilines is 1. The lowest BCUT2D eigenvalue weighted by molar-refractivity contribution is -0.121. The highest BCUT2D eigenvalue weighted by atomic mass is 35.5. The Morgan fingerprint density at radius 2 is 1.66 bits per heavy atom. The SMILES string of the molecule is CC(C(=O)Nc1c(F)cccc1F)N1CCN(C(=O)c2ccc(F)cc2Cl)CC1. The quantitative estimate of drug-likeness (QED) is 0.815. The molecule has 0 aromatic heterocycles. The fraction of sp³-hybridized carbons (Fsp3) is 0.300. The van der Waals surface area contributed by atoms with E-state index in [9.17, 15) is 22.8 Å². The Morgan fingerprint density at radius 1 is 1.03 bits per heavy atom. The molecule has 1 N–H and O–H groups in total. The number of para-hydroxylation sites is 1. The lowest BCUT2D eigenvalue weighted by Gasteiger charge is -2.37. The van der Waals surface area contributed by atoms with Crippen LogP contribution in [0.4, 0.5) is 18.9 Å². The third kappa shape index (κ3) is 4.71. The number of hydrogen-bond acceptors (Lipinski definition) is 3. The van der Waals surface area contributed by atoms with Crippen LogP contribution < -0.4 is 5.32 Å². The lowest BCUT2D eigenvalue weighted by atomic mass is 10.1. The zero-order valence-corrected chi connectivity index (χ0v) is 16.3. The van der Waals surface area contributed by atoms with Gasteiger partial charge in [0.1, 0.15) is 23.1 Å². The van der Waals surface area contributed by atoms with Crippen molar-refractivity contribution in [2.75, 3.05) is 31.5 Å². The van der Waals surface area contributed by atoms with E-state index in [4.69, 9.17) is 11.6 Å². The van der Waals surface area contributed by atoms with Crippen molar-refractivity contribution < 1.29 is 22.8 Å². The molecular formula is C20H19ClF3N3O2. The Bertz CT molecular complexity index is 913. The number of nitrogens with one attached hydrogen (secondary N) is 1. The predicted molar refractivity (Wildman–Crippen MR) is 103 cm³/mol. The molecule has 1 heterocycles. The number of nitrogens with zero attached hydrogens (tertiary/aromatic N) is 2. The highest BCUT2D eigenvalue weighted by Crippen LogP contribution is 2.21. The van der Waals surface area contributed by atoms with E-state index in [1.54, 1.807) is 11.8 Å². The largest absolute Gasteiger partial charge is 0.336 e. The van der Waals surface area contributed by atoms with Gasteiger partial charge < -0.3 is 10.2 Å². The van der Waals surface area contributed by atoms with Gasteiger partial charge in [0.15, 0.2) is 0 Å². The Labute approximate surface area is 171 Å². The molecule has 0 bridgehead atoms. The fourth-order valence-electron chi connectivity index (χ4n) is 3.16. The van der Waals surface area contributed by atoms with E-state index in [0.717, 1.165) is 18.2 Å². The number of hydrogen-bond donors (Lipinski definition) is 1. The molecule has 0 aliphatic carbocycles. The third-order valence-corrected chi connectivity index (χ3v) is 5.21. The van der Waals surface area contributed by atoms with Crippen molar-refractivity contribution in [2.24, 2.45) is 0 Å². The highest BCUT2D eigenvalue weighted by molar-refractivity contribution is 6.33. The van der Waals surface area contributed by atoms with Gasteiger partial charge in [0.25, 0.3) is 5.91 Å². The Morgan fingerprint density at radius 3 is 2.24 bits per heavy atom. The summed E-state index contributed by atoms with van der Waals surface area (Å²) in [5.41, 5.74) is -0.272. The standard InChI is InChI=1S/C20H19ClF3N3O2/c1-12(19(28)25-18-16(23)3-2-4-17(18)24)26-7-9-27(10-8-26)20(29)14-6-5-13(22)11-15(14)21/h2-6,11-12H,7-10H2,1H3,(H,25,28). The summed E-state index contributed by atoms with van der Waals surface area (Å²) in [6.07, 6.45) is 0. The van der Waals surface area contributed by atoms with Gasteiger partial charge in [-0.2, -0.15) is 0 Å². The molecule has 0 spiro atoms. The summed E-state index contributed by atoms with van der Waals surface area (Å²) in [6.45, 7) is 3.07. The number of halogens is 4. The molecule has 1 aliphatic heterocycles. The number of carbonyl (C=O) groups is 2. The van der Waals surface area contributed by atoms with Crippen LogP contribution in [-0.2, 0) is 4.79 Å². The molecule has 1 atom stereocenters. The van der Waals surface area contributed by atoms with E-state index in [0.29, 0.717) is 26.2 Å². The van der Waals surface area contributed by atoms with E-state index in [2.05, 4.69) is 5.32 Å². The zero-order valence-electron chi connectivity index (χ0n) is 15.6. The highest BCUT2D eigenvalue weighted by Gasteiger charge is 2.29. The second-order valence-corrected chi connectivity index (χ2v) is 7.12. The monoisotopic (exact) mass is 425 g/mol. The minimum absolute atomic E-state index is 0.0390. The van der Waals surface area contributed by atoms with Gasteiger partial charge in [-0.3, -0.25) is 14.5 Å². The van der Waals surface area contributed by atoms with Crippen molar-refractivity contribution in [1.29, 1.82) is 0 Å². The number of piperazine rings is 1. The average molecular weight is 426 g/mol. The molecule has 154 valence electrons. The van der Waals surface area contributed by atoms with Crippen LogP contribution in [0.1, 0.15) is 17.3 Å². The van der Waals surface area contributed by atoms with Crippen molar-refractivity contribution in [3.63, 3.8) is 0 Å². The second kappa shape index (κ2) is 8.84. The van der Waals surface area contributed by atoms with Crippen LogP contribution in [0.3, 0.4) is 0 Å². The Hall–Kier alpha value is -2.58. The minimum atomic E-state index is -0.850. The summed E-state index contributed by atoms with van der Waals surface area (Å²) in [7, 11) is 0. The first-order valence-electron chi connectivity index (χ1n) is 9.01. The number of amides is 2. The van der Waals surface area contributed by atoms with Crippen molar-refractivity contribution in [3.05, 3.63) is 64.4 Å². The average Bonchev–Trinajstić information content (AvgIpc) is 2.70. The second-order valence-electron chi connectivity index (χ2n) is 6.71. The van der Waals surface area contributed by atoms with Crippen LogP contribution in [0.25, 0.3) is 0 Å². The number of carbonyl (C=O) groups excluding carboxylic acids is 2. The van der Waals surface area contributed by atoms with Gasteiger partial charge in [0.2, 0.25) is 5.91 Å².